The molecule has 2 aromatic rings. The molecule has 0 bridgehead atoms. The normalized spacial score (nSPS) is 23.3. The number of guanidine groups is 1. The molecule has 0 radical (unpaired) electrons. The zero-order valence-electron chi connectivity index (χ0n) is 15.8. The lowest BCUT2D eigenvalue weighted by atomic mass is 9.88. The first-order valence-electron chi connectivity index (χ1n) is 10.1. The summed E-state index contributed by atoms with van der Waals surface area (Å²) >= 11 is 1.81. The smallest absolute Gasteiger partial charge is 0.193 e. The molecule has 2 aliphatic heterocycles. The van der Waals surface area contributed by atoms with Crippen LogP contribution < -0.4 is 5.32 Å². The van der Waals surface area contributed by atoms with Gasteiger partial charge >= 0.3 is 0 Å². The molecule has 146 valence electrons. The Labute approximate surface area is 165 Å². The van der Waals surface area contributed by atoms with Crippen LogP contribution in [0.4, 0.5) is 0 Å². The number of likely N-dealkylation sites (tertiary alicyclic amines) is 1. The molecule has 2 unspecified atom stereocenters. The van der Waals surface area contributed by atoms with Crippen LogP contribution in [0.15, 0.2) is 45.3 Å². The second-order valence-electron chi connectivity index (χ2n) is 7.34. The molecule has 1 N–H and O–H groups in total. The van der Waals surface area contributed by atoms with E-state index < -0.39 is 0 Å². The van der Waals surface area contributed by atoms with E-state index in [4.69, 9.17) is 14.1 Å². The molecule has 0 aliphatic carbocycles. The number of nitrogens with zero attached hydrogens (tertiary/aromatic N) is 2. The van der Waals surface area contributed by atoms with Crippen LogP contribution in [0.5, 0.6) is 0 Å². The van der Waals surface area contributed by atoms with Crippen molar-refractivity contribution in [3.05, 3.63) is 46.5 Å². The lowest BCUT2D eigenvalue weighted by Gasteiger charge is -2.42. The summed E-state index contributed by atoms with van der Waals surface area (Å²) in [7, 11) is 0. The van der Waals surface area contributed by atoms with Crippen LogP contribution >= 0.6 is 11.3 Å². The minimum atomic E-state index is 0.450. The summed E-state index contributed by atoms with van der Waals surface area (Å²) in [6.45, 7) is 4.67. The van der Waals surface area contributed by atoms with Gasteiger partial charge in [-0.2, -0.15) is 0 Å². The molecule has 27 heavy (non-hydrogen) atoms. The minimum absolute atomic E-state index is 0.450. The molecule has 0 amide bonds. The summed E-state index contributed by atoms with van der Waals surface area (Å²) in [6, 6.07) is 8.27. The van der Waals surface area contributed by atoms with Gasteiger partial charge in [-0.15, -0.1) is 11.3 Å². The number of fused-ring (bicyclic) bond motifs is 1. The van der Waals surface area contributed by atoms with Crippen molar-refractivity contribution in [3.63, 3.8) is 0 Å². The highest BCUT2D eigenvalue weighted by molar-refractivity contribution is 7.09. The number of rotatable bonds is 6. The maximum atomic E-state index is 5.97. The third kappa shape index (κ3) is 5.14. The van der Waals surface area contributed by atoms with Crippen molar-refractivity contribution < 1.29 is 9.15 Å². The number of ether oxygens (including phenoxy) is 1. The van der Waals surface area contributed by atoms with Gasteiger partial charge in [-0.3, -0.25) is 4.99 Å². The van der Waals surface area contributed by atoms with Gasteiger partial charge in [-0.05, 0) is 42.8 Å². The average molecular weight is 388 g/mol. The van der Waals surface area contributed by atoms with Gasteiger partial charge in [0, 0.05) is 56.4 Å². The molecular weight excluding hydrogens is 358 g/mol. The second-order valence-corrected chi connectivity index (χ2v) is 8.37. The fourth-order valence-corrected chi connectivity index (χ4v) is 4.72. The first-order chi connectivity index (χ1) is 13.4. The monoisotopic (exact) mass is 387 g/mol. The summed E-state index contributed by atoms with van der Waals surface area (Å²) in [4.78, 5) is 8.78. The van der Waals surface area contributed by atoms with Crippen molar-refractivity contribution in [1.29, 1.82) is 0 Å². The van der Waals surface area contributed by atoms with Crippen molar-refractivity contribution in [2.24, 2.45) is 10.9 Å². The summed E-state index contributed by atoms with van der Waals surface area (Å²) in [5.74, 6) is 2.70. The average Bonchev–Trinajstić information content (AvgIpc) is 3.40. The quantitative estimate of drug-likeness (QED) is 0.608. The number of hydrogen-bond donors (Lipinski definition) is 1. The zero-order chi connectivity index (χ0) is 18.3. The van der Waals surface area contributed by atoms with E-state index in [-0.39, 0.29) is 0 Å². The van der Waals surface area contributed by atoms with Gasteiger partial charge in [0.15, 0.2) is 5.96 Å². The molecule has 5 nitrogen and oxygen atoms in total. The Hall–Kier alpha value is -1.79. The van der Waals surface area contributed by atoms with Crippen LogP contribution in [0, 0.1) is 5.92 Å². The van der Waals surface area contributed by atoms with E-state index in [1.54, 1.807) is 6.26 Å². The molecule has 0 aromatic carbocycles. The third-order valence-corrected chi connectivity index (χ3v) is 6.39. The molecule has 2 atom stereocenters. The van der Waals surface area contributed by atoms with Crippen molar-refractivity contribution in [2.45, 2.75) is 38.2 Å². The van der Waals surface area contributed by atoms with Gasteiger partial charge in [-0.25, -0.2) is 0 Å². The standard InChI is InChI=1S/C21H29N3O2S/c1-4-17-16-24(12-9-20(17)26-14-1)21(22-10-7-18-5-2-13-25-18)23-11-8-19-6-3-15-27-19/h2-3,5-6,13,15,17,20H,1,4,7-12,14,16H2,(H,22,23). The molecule has 0 spiro atoms. The second kappa shape index (κ2) is 9.42. The molecule has 2 fully saturated rings. The Bertz CT molecular complexity index is 699. The van der Waals surface area contributed by atoms with Gasteiger partial charge in [0.1, 0.15) is 5.76 Å². The Morgan fingerprint density at radius 2 is 2.26 bits per heavy atom. The molecule has 2 aliphatic rings. The lowest BCUT2D eigenvalue weighted by molar-refractivity contribution is -0.0559. The van der Waals surface area contributed by atoms with Crippen LogP contribution in [-0.2, 0) is 17.6 Å². The molecule has 2 saturated heterocycles. The first kappa shape index (κ1) is 18.6. The highest BCUT2D eigenvalue weighted by Gasteiger charge is 2.33. The van der Waals surface area contributed by atoms with Crippen LogP contribution in [0.1, 0.15) is 29.9 Å². The fourth-order valence-electron chi connectivity index (χ4n) is 4.03. The molecule has 0 saturated carbocycles. The van der Waals surface area contributed by atoms with Crippen molar-refractivity contribution >= 4 is 17.3 Å². The summed E-state index contributed by atoms with van der Waals surface area (Å²) in [5, 5.41) is 5.72. The van der Waals surface area contributed by atoms with E-state index in [0.29, 0.717) is 12.0 Å². The highest BCUT2D eigenvalue weighted by Crippen LogP contribution is 2.28. The topological polar surface area (TPSA) is 50.0 Å². The van der Waals surface area contributed by atoms with Gasteiger partial charge in [0.05, 0.1) is 12.4 Å². The Morgan fingerprint density at radius 1 is 1.26 bits per heavy atom. The Kier molecular flexibility index (Phi) is 6.48. The molecular formula is C21H29N3O2S. The third-order valence-electron chi connectivity index (χ3n) is 5.45. The lowest BCUT2D eigenvalue weighted by Crippen LogP contribution is -2.52. The van der Waals surface area contributed by atoms with Gasteiger partial charge < -0.3 is 19.4 Å². The highest BCUT2D eigenvalue weighted by atomic mass is 32.1. The number of furan rings is 1. The summed E-state index contributed by atoms with van der Waals surface area (Å²) in [6.07, 6.45) is 7.63. The van der Waals surface area contributed by atoms with Crippen LogP contribution in [0.25, 0.3) is 0 Å². The predicted octanol–water partition coefficient (Wildman–Crippen LogP) is 3.57. The molecule has 4 heterocycles. The number of thiophene rings is 1. The van der Waals surface area contributed by atoms with E-state index in [1.165, 1.54) is 17.7 Å². The molecule has 2 aromatic heterocycles. The van der Waals surface area contributed by atoms with E-state index in [0.717, 1.165) is 63.8 Å². The summed E-state index contributed by atoms with van der Waals surface area (Å²) < 4.78 is 11.4. The maximum Gasteiger partial charge on any atom is 0.193 e. The van der Waals surface area contributed by atoms with E-state index in [1.807, 2.05) is 23.5 Å². The van der Waals surface area contributed by atoms with Gasteiger partial charge in [0.25, 0.3) is 0 Å². The van der Waals surface area contributed by atoms with E-state index in [9.17, 15) is 0 Å². The number of piperidine rings is 1. The van der Waals surface area contributed by atoms with Gasteiger partial charge in [-0.1, -0.05) is 6.07 Å². The Morgan fingerprint density at radius 3 is 3.11 bits per heavy atom. The number of hydrogen-bond acceptors (Lipinski definition) is 4. The van der Waals surface area contributed by atoms with Crippen molar-refractivity contribution in [1.82, 2.24) is 10.2 Å². The van der Waals surface area contributed by atoms with Crippen LogP contribution in [-0.4, -0.2) is 49.7 Å². The van der Waals surface area contributed by atoms with E-state index in [2.05, 4.69) is 27.7 Å². The largest absolute Gasteiger partial charge is 0.469 e. The van der Waals surface area contributed by atoms with Crippen molar-refractivity contribution in [2.75, 3.05) is 32.8 Å². The van der Waals surface area contributed by atoms with E-state index >= 15 is 0 Å². The fraction of sp³-hybridized carbons (Fsp3) is 0.571. The maximum absolute atomic E-state index is 5.97. The number of nitrogens with one attached hydrogen (secondary N) is 1. The molecule has 6 heteroatoms. The van der Waals surface area contributed by atoms with Gasteiger partial charge in [0.2, 0.25) is 0 Å². The molecule has 4 rings (SSSR count). The minimum Gasteiger partial charge on any atom is -0.469 e. The SMILES string of the molecule is c1coc(CCNC(=NCCc2cccs2)N2CCC3OCCCC3C2)c1. The number of aliphatic imine (C=N–C) groups is 1. The predicted molar refractivity (Wildman–Crippen MR) is 109 cm³/mol. The zero-order valence-corrected chi connectivity index (χ0v) is 16.6. The van der Waals surface area contributed by atoms with Crippen LogP contribution in [0.2, 0.25) is 0 Å². The van der Waals surface area contributed by atoms with Crippen LogP contribution in [0.3, 0.4) is 0 Å². The summed E-state index contributed by atoms with van der Waals surface area (Å²) in [5.41, 5.74) is 0. The first-order valence-corrected chi connectivity index (χ1v) is 11.0. The van der Waals surface area contributed by atoms with Crippen molar-refractivity contribution in [3.8, 4) is 0 Å². The Balaban J connectivity index is 1.36.